The summed E-state index contributed by atoms with van der Waals surface area (Å²) in [6.07, 6.45) is 2.79. The number of nitrogens with zero attached hydrogens (tertiary/aromatic N) is 1. The molecule has 0 spiro atoms. The van der Waals surface area contributed by atoms with Gasteiger partial charge in [0.15, 0.2) is 0 Å². The lowest BCUT2D eigenvalue weighted by atomic mass is 9.98. The van der Waals surface area contributed by atoms with Crippen molar-refractivity contribution in [2.24, 2.45) is 0 Å². The molecule has 114 valence electrons. The van der Waals surface area contributed by atoms with E-state index < -0.39 is 0 Å². The Bertz CT molecular complexity index is 607. The summed E-state index contributed by atoms with van der Waals surface area (Å²) in [5.41, 5.74) is 6.07. The zero-order valence-electron chi connectivity index (χ0n) is 13.5. The van der Waals surface area contributed by atoms with E-state index in [1.807, 2.05) is 13.1 Å². The number of ether oxygens (including phenoxy) is 1. The molecule has 0 aliphatic rings. The lowest BCUT2D eigenvalue weighted by molar-refractivity contribution is 0.406. The van der Waals surface area contributed by atoms with Crippen LogP contribution in [0.15, 0.2) is 17.0 Å². The minimum absolute atomic E-state index is 0.305. The highest BCUT2D eigenvalue weighted by Crippen LogP contribution is 2.29. The molecule has 1 unspecified atom stereocenters. The molecule has 2 aromatic rings. The average Bonchev–Trinajstić information content (AvgIpc) is 2.88. The Labute approximate surface area is 131 Å². The van der Waals surface area contributed by atoms with E-state index in [2.05, 4.69) is 41.8 Å². The van der Waals surface area contributed by atoms with Gasteiger partial charge in [-0.2, -0.15) is 11.3 Å². The standard InChI is InChI=1S/C17H24N2OS/c1-6-18-16(14-10-21-9-12(14)3)7-15-13(4)17(20-5)11(2)8-19-15/h8-10,16,18H,6-7H2,1-5H3. The molecule has 2 aromatic heterocycles. The number of rotatable bonds is 6. The van der Waals surface area contributed by atoms with Crippen molar-refractivity contribution in [2.75, 3.05) is 13.7 Å². The summed E-state index contributed by atoms with van der Waals surface area (Å²) in [5.74, 6) is 0.956. The van der Waals surface area contributed by atoms with Crippen LogP contribution in [0.2, 0.25) is 0 Å². The summed E-state index contributed by atoms with van der Waals surface area (Å²) in [6.45, 7) is 9.39. The fourth-order valence-corrected chi connectivity index (χ4v) is 3.64. The van der Waals surface area contributed by atoms with Crippen molar-refractivity contribution in [3.8, 4) is 5.75 Å². The molecule has 0 saturated carbocycles. The maximum atomic E-state index is 5.51. The van der Waals surface area contributed by atoms with Crippen LogP contribution in [-0.4, -0.2) is 18.6 Å². The molecule has 0 aliphatic heterocycles. The third-order valence-electron chi connectivity index (χ3n) is 3.87. The molecule has 4 heteroatoms. The summed E-state index contributed by atoms with van der Waals surface area (Å²) in [6, 6.07) is 0.305. The molecule has 3 nitrogen and oxygen atoms in total. The molecule has 2 rings (SSSR count). The fraction of sp³-hybridized carbons (Fsp3) is 0.471. The second-order valence-corrected chi connectivity index (χ2v) is 6.11. The van der Waals surface area contributed by atoms with E-state index >= 15 is 0 Å². The van der Waals surface area contributed by atoms with Crippen LogP contribution in [0.4, 0.5) is 0 Å². The zero-order valence-corrected chi connectivity index (χ0v) is 14.3. The van der Waals surface area contributed by atoms with Gasteiger partial charge in [-0.15, -0.1) is 0 Å². The molecule has 0 saturated heterocycles. The highest BCUT2D eigenvalue weighted by atomic mass is 32.1. The van der Waals surface area contributed by atoms with Gasteiger partial charge in [0.2, 0.25) is 0 Å². The highest BCUT2D eigenvalue weighted by molar-refractivity contribution is 7.08. The number of hydrogen-bond acceptors (Lipinski definition) is 4. The molecule has 2 heterocycles. The number of methoxy groups -OCH3 is 1. The van der Waals surface area contributed by atoms with E-state index in [4.69, 9.17) is 4.74 Å². The van der Waals surface area contributed by atoms with Crippen molar-refractivity contribution >= 4 is 11.3 Å². The maximum Gasteiger partial charge on any atom is 0.128 e. The van der Waals surface area contributed by atoms with E-state index in [0.29, 0.717) is 6.04 Å². The van der Waals surface area contributed by atoms with Gasteiger partial charge in [0.25, 0.3) is 0 Å². The van der Waals surface area contributed by atoms with E-state index in [0.717, 1.165) is 35.5 Å². The Hall–Kier alpha value is -1.39. The number of nitrogens with one attached hydrogen (secondary N) is 1. The SMILES string of the molecule is CCNC(Cc1ncc(C)c(OC)c1C)c1cscc1C. The van der Waals surface area contributed by atoms with E-state index in [-0.39, 0.29) is 0 Å². The normalized spacial score (nSPS) is 12.4. The lowest BCUT2D eigenvalue weighted by Crippen LogP contribution is -2.24. The van der Waals surface area contributed by atoms with Gasteiger partial charge in [-0.1, -0.05) is 6.92 Å². The first-order valence-corrected chi connectivity index (χ1v) is 8.27. The van der Waals surface area contributed by atoms with Crippen LogP contribution in [0.5, 0.6) is 5.75 Å². The molecule has 21 heavy (non-hydrogen) atoms. The van der Waals surface area contributed by atoms with Gasteiger partial charge in [0, 0.05) is 35.5 Å². The Morgan fingerprint density at radius 2 is 2.00 bits per heavy atom. The fourth-order valence-electron chi connectivity index (χ4n) is 2.74. The zero-order chi connectivity index (χ0) is 15.4. The number of aromatic nitrogens is 1. The molecule has 0 amide bonds. The number of hydrogen-bond donors (Lipinski definition) is 1. The van der Waals surface area contributed by atoms with Crippen LogP contribution >= 0.6 is 11.3 Å². The first-order chi connectivity index (χ1) is 10.1. The Morgan fingerprint density at radius 1 is 1.24 bits per heavy atom. The van der Waals surface area contributed by atoms with Gasteiger partial charge in [0.05, 0.1) is 7.11 Å². The van der Waals surface area contributed by atoms with Crippen molar-refractivity contribution < 1.29 is 4.74 Å². The first-order valence-electron chi connectivity index (χ1n) is 7.33. The third kappa shape index (κ3) is 3.44. The average molecular weight is 304 g/mol. The van der Waals surface area contributed by atoms with Crippen LogP contribution in [-0.2, 0) is 6.42 Å². The predicted molar refractivity (Wildman–Crippen MR) is 89.4 cm³/mol. The topological polar surface area (TPSA) is 34.2 Å². The van der Waals surface area contributed by atoms with Crippen molar-refractivity contribution in [1.29, 1.82) is 0 Å². The largest absolute Gasteiger partial charge is 0.496 e. The molecule has 0 bridgehead atoms. The smallest absolute Gasteiger partial charge is 0.128 e. The van der Waals surface area contributed by atoms with Crippen molar-refractivity contribution in [2.45, 2.75) is 40.2 Å². The van der Waals surface area contributed by atoms with E-state index in [9.17, 15) is 0 Å². The van der Waals surface area contributed by atoms with Crippen molar-refractivity contribution in [1.82, 2.24) is 10.3 Å². The number of likely N-dealkylation sites (N-methyl/N-ethyl adjacent to an activating group) is 1. The van der Waals surface area contributed by atoms with Gasteiger partial charge in [-0.3, -0.25) is 4.98 Å². The van der Waals surface area contributed by atoms with E-state index in [1.165, 1.54) is 11.1 Å². The molecule has 0 aromatic carbocycles. The van der Waals surface area contributed by atoms with Crippen molar-refractivity contribution in [3.05, 3.63) is 44.9 Å². The molecule has 0 radical (unpaired) electrons. The molecule has 1 N–H and O–H groups in total. The number of aryl methyl sites for hydroxylation is 2. The predicted octanol–water partition coefficient (Wildman–Crippen LogP) is 3.97. The van der Waals surface area contributed by atoms with Gasteiger partial charge in [-0.25, -0.2) is 0 Å². The van der Waals surface area contributed by atoms with Crippen LogP contribution in [0.3, 0.4) is 0 Å². The second kappa shape index (κ2) is 7.05. The highest BCUT2D eigenvalue weighted by Gasteiger charge is 2.18. The van der Waals surface area contributed by atoms with Crippen LogP contribution in [0.1, 0.15) is 40.9 Å². The van der Waals surface area contributed by atoms with Gasteiger partial charge in [0.1, 0.15) is 5.75 Å². The van der Waals surface area contributed by atoms with Crippen LogP contribution in [0, 0.1) is 20.8 Å². The molecule has 0 aliphatic carbocycles. The van der Waals surface area contributed by atoms with Crippen LogP contribution < -0.4 is 10.1 Å². The van der Waals surface area contributed by atoms with Gasteiger partial charge < -0.3 is 10.1 Å². The summed E-state index contributed by atoms with van der Waals surface area (Å²) < 4.78 is 5.51. The lowest BCUT2D eigenvalue weighted by Gasteiger charge is -2.20. The number of thiophene rings is 1. The van der Waals surface area contributed by atoms with Crippen molar-refractivity contribution in [3.63, 3.8) is 0 Å². The minimum atomic E-state index is 0.305. The quantitative estimate of drug-likeness (QED) is 0.877. The Kier molecular flexibility index (Phi) is 5.37. The third-order valence-corrected chi connectivity index (χ3v) is 4.75. The maximum absolute atomic E-state index is 5.51. The van der Waals surface area contributed by atoms with Gasteiger partial charge in [-0.05, 0) is 49.2 Å². The minimum Gasteiger partial charge on any atom is -0.496 e. The molecular weight excluding hydrogens is 280 g/mol. The Balaban J connectivity index is 2.32. The molecular formula is C17H24N2OS. The van der Waals surface area contributed by atoms with E-state index in [1.54, 1.807) is 18.4 Å². The second-order valence-electron chi connectivity index (χ2n) is 5.37. The number of pyridine rings is 1. The summed E-state index contributed by atoms with van der Waals surface area (Å²) in [7, 11) is 1.73. The molecule has 0 fully saturated rings. The molecule has 1 atom stereocenters. The van der Waals surface area contributed by atoms with Gasteiger partial charge >= 0.3 is 0 Å². The summed E-state index contributed by atoms with van der Waals surface area (Å²) >= 11 is 1.76. The summed E-state index contributed by atoms with van der Waals surface area (Å²) in [5, 5.41) is 8.02. The summed E-state index contributed by atoms with van der Waals surface area (Å²) in [4.78, 5) is 4.63. The Morgan fingerprint density at radius 3 is 2.57 bits per heavy atom. The monoisotopic (exact) mass is 304 g/mol. The first kappa shape index (κ1) is 16.0. The van der Waals surface area contributed by atoms with Crippen LogP contribution in [0.25, 0.3) is 0 Å².